The molecular formula is C16H18O4. The second-order valence-corrected chi connectivity index (χ2v) is 5.76. The van der Waals surface area contributed by atoms with E-state index in [1.165, 1.54) is 0 Å². The molecule has 2 fully saturated rings. The van der Waals surface area contributed by atoms with Gasteiger partial charge in [-0.25, -0.2) is 4.79 Å². The fourth-order valence-corrected chi connectivity index (χ4v) is 3.63. The molecule has 4 unspecified atom stereocenters. The van der Waals surface area contributed by atoms with Gasteiger partial charge in [0.15, 0.2) is 0 Å². The van der Waals surface area contributed by atoms with Crippen LogP contribution in [0.25, 0.3) is 0 Å². The van der Waals surface area contributed by atoms with E-state index >= 15 is 0 Å². The standard InChI is InChI=1S/C16H18O4/c17-9-14-13-8-12(18)6-11(13)7-15(14)20-16(19)10-4-2-1-3-5-10/h1-5,11,13-15,17H,6-9H2. The van der Waals surface area contributed by atoms with E-state index in [4.69, 9.17) is 4.74 Å². The number of aliphatic hydroxyl groups is 1. The molecule has 2 aliphatic carbocycles. The molecule has 1 aromatic carbocycles. The van der Waals surface area contributed by atoms with Gasteiger partial charge in [-0.15, -0.1) is 0 Å². The molecule has 2 saturated carbocycles. The number of esters is 1. The third-order valence-corrected chi connectivity index (χ3v) is 4.60. The van der Waals surface area contributed by atoms with Gasteiger partial charge < -0.3 is 9.84 Å². The van der Waals surface area contributed by atoms with Crippen LogP contribution in [-0.4, -0.2) is 29.6 Å². The molecule has 0 saturated heterocycles. The van der Waals surface area contributed by atoms with Crippen LogP contribution in [0.4, 0.5) is 0 Å². The van der Waals surface area contributed by atoms with Gasteiger partial charge in [-0.05, 0) is 30.4 Å². The Morgan fingerprint density at radius 3 is 2.70 bits per heavy atom. The molecule has 2 aliphatic rings. The summed E-state index contributed by atoms with van der Waals surface area (Å²) in [5.74, 6) is 0.278. The second-order valence-electron chi connectivity index (χ2n) is 5.76. The summed E-state index contributed by atoms with van der Waals surface area (Å²) in [6, 6.07) is 8.87. The van der Waals surface area contributed by atoms with E-state index < -0.39 is 0 Å². The summed E-state index contributed by atoms with van der Waals surface area (Å²) in [7, 11) is 0. The number of hydrogen-bond acceptors (Lipinski definition) is 4. The minimum atomic E-state index is -0.347. The van der Waals surface area contributed by atoms with Crippen LogP contribution in [0.15, 0.2) is 30.3 Å². The van der Waals surface area contributed by atoms with Crippen molar-refractivity contribution in [3.05, 3.63) is 35.9 Å². The largest absolute Gasteiger partial charge is 0.458 e. The minimum Gasteiger partial charge on any atom is -0.458 e. The van der Waals surface area contributed by atoms with Crippen LogP contribution in [0.2, 0.25) is 0 Å². The molecule has 0 amide bonds. The van der Waals surface area contributed by atoms with Crippen LogP contribution >= 0.6 is 0 Å². The molecule has 1 N–H and O–H groups in total. The van der Waals surface area contributed by atoms with Gasteiger partial charge in [0, 0.05) is 25.4 Å². The highest BCUT2D eigenvalue weighted by atomic mass is 16.5. The maximum absolute atomic E-state index is 12.1. The first-order valence-electron chi connectivity index (χ1n) is 7.07. The number of hydrogen-bond donors (Lipinski definition) is 1. The van der Waals surface area contributed by atoms with Gasteiger partial charge in [0.05, 0.1) is 5.56 Å². The van der Waals surface area contributed by atoms with E-state index in [-0.39, 0.29) is 42.2 Å². The van der Waals surface area contributed by atoms with Gasteiger partial charge in [0.25, 0.3) is 0 Å². The Kier molecular flexibility index (Phi) is 3.57. The summed E-state index contributed by atoms with van der Waals surface area (Å²) in [5, 5.41) is 9.55. The third-order valence-electron chi connectivity index (χ3n) is 4.60. The molecule has 20 heavy (non-hydrogen) atoms. The monoisotopic (exact) mass is 274 g/mol. The molecule has 4 heteroatoms. The Morgan fingerprint density at radius 2 is 2.00 bits per heavy atom. The number of benzene rings is 1. The van der Waals surface area contributed by atoms with Crippen LogP contribution in [0.5, 0.6) is 0 Å². The number of ketones is 1. The van der Waals surface area contributed by atoms with Crippen LogP contribution in [0.1, 0.15) is 29.6 Å². The van der Waals surface area contributed by atoms with Crippen LogP contribution in [-0.2, 0) is 9.53 Å². The Hall–Kier alpha value is -1.68. The number of Topliss-reactive ketones (excluding diaryl/α,β-unsaturated/α-hetero) is 1. The summed E-state index contributed by atoms with van der Waals surface area (Å²) >= 11 is 0. The lowest BCUT2D eigenvalue weighted by Crippen LogP contribution is -2.28. The second kappa shape index (κ2) is 5.37. The van der Waals surface area contributed by atoms with Crippen molar-refractivity contribution in [1.82, 2.24) is 0 Å². The number of carbonyl (C=O) groups is 2. The van der Waals surface area contributed by atoms with Crippen LogP contribution in [0.3, 0.4) is 0 Å². The smallest absolute Gasteiger partial charge is 0.338 e. The van der Waals surface area contributed by atoms with E-state index in [1.807, 2.05) is 6.07 Å². The van der Waals surface area contributed by atoms with Crippen molar-refractivity contribution < 1.29 is 19.4 Å². The first kappa shape index (κ1) is 13.3. The minimum absolute atomic E-state index is 0.0266. The molecule has 106 valence electrons. The number of fused-ring (bicyclic) bond motifs is 1. The van der Waals surface area contributed by atoms with E-state index in [9.17, 15) is 14.7 Å². The molecule has 0 spiro atoms. The molecule has 4 nitrogen and oxygen atoms in total. The predicted molar refractivity (Wildman–Crippen MR) is 72.1 cm³/mol. The Labute approximate surface area is 117 Å². The molecule has 4 atom stereocenters. The van der Waals surface area contributed by atoms with E-state index in [2.05, 4.69) is 0 Å². The average Bonchev–Trinajstić information content (AvgIpc) is 2.95. The Balaban J connectivity index is 1.69. The summed E-state index contributed by atoms with van der Waals surface area (Å²) in [6.07, 6.45) is 1.52. The van der Waals surface area contributed by atoms with Crippen molar-refractivity contribution >= 4 is 11.8 Å². The van der Waals surface area contributed by atoms with Gasteiger partial charge in [-0.1, -0.05) is 18.2 Å². The number of ether oxygens (including phenoxy) is 1. The number of carbonyl (C=O) groups excluding carboxylic acids is 2. The van der Waals surface area contributed by atoms with Crippen molar-refractivity contribution in [2.24, 2.45) is 17.8 Å². The van der Waals surface area contributed by atoms with Crippen molar-refractivity contribution in [2.75, 3.05) is 6.61 Å². The SMILES string of the molecule is O=C1CC2CC(OC(=O)c3ccccc3)C(CO)C2C1. The van der Waals surface area contributed by atoms with E-state index in [0.717, 1.165) is 0 Å². The molecule has 0 bridgehead atoms. The molecule has 0 heterocycles. The maximum Gasteiger partial charge on any atom is 0.338 e. The zero-order chi connectivity index (χ0) is 14.1. The lowest BCUT2D eigenvalue weighted by molar-refractivity contribution is -0.118. The summed E-state index contributed by atoms with van der Waals surface area (Å²) in [4.78, 5) is 23.6. The fraction of sp³-hybridized carbons (Fsp3) is 0.500. The van der Waals surface area contributed by atoms with Crippen LogP contribution < -0.4 is 0 Å². The highest BCUT2D eigenvalue weighted by Gasteiger charge is 2.49. The lowest BCUT2D eigenvalue weighted by atomic mass is 9.92. The van der Waals surface area contributed by atoms with Crippen molar-refractivity contribution in [3.8, 4) is 0 Å². The van der Waals surface area contributed by atoms with E-state index in [1.54, 1.807) is 24.3 Å². The van der Waals surface area contributed by atoms with E-state index in [0.29, 0.717) is 24.8 Å². The molecule has 0 aromatic heterocycles. The van der Waals surface area contributed by atoms with Gasteiger partial charge in [0.2, 0.25) is 0 Å². The topological polar surface area (TPSA) is 63.6 Å². The summed E-state index contributed by atoms with van der Waals surface area (Å²) in [6.45, 7) is -0.0266. The molecule has 3 rings (SSSR count). The number of rotatable bonds is 3. The molecule has 0 radical (unpaired) electrons. The highest BCUT2D eigenvalue weighted by Crippen LogP contribution is 2.47. The zero-order valence-corrected chi connectivity index (χ0v) is 11.2. The number of aliphatic hydroxyl groups excluding tert-OH is 1. The highest BCUT2D eigenvalue weighted by molar-refractivity contribution is 5.89. The van der Waals surface area contributed by atoms with Gasteiger partial charge in [0.1, 0.15) is 11.9 Å². The Bertz CT molecular complexity index is 510. The first-order valence-corrected chi connectivity index (χ1v) is 7.07. The Morgan fingerprint density at radius 1 is 1.25 bits per heavy atom. The fourth-order valence-electron chi connectivity index (χ4n) is 3.63. The summed E-state index contributed by atoms with van der Waals surface area (Å²) < 4.78 is 5.56. The van der Waals surface area contributed by atoms with Gasteiger partial charge in [-0.2, -0.15) is 0 Å². The predicted octanol–water partition coefficient (Wildman–Crippen LogP) is 1.82. The maximum atomic E-state index is 12.1. The van der Waals surface area contributed by atoms with Gasteiger partial charge >= 0.3 is 5.97 Å². The molecular weight excluding hydrogens is 256 g/mol. The average molecular weight is 274 g/mol. The first-order chi connectivity index (χ1) is 9.69. The quantitative estimate of drug-likeness (QED) is 0.854. The van der Waals surface area contributed by atoms with Crippen LogP contribution in [0, 0.1) is 17.8 Å². The lowest BCUT2D eigenvalue weighted by Gasteiger charge is -2.21. The molecule has 0 aliphatic heterocycles. The summed E-state index contributed by atoms with van der Waals surface area (Å²) in [5.41, 5.74) is 0.525. The van der Waals surface area contributed by atoms with Crippen molar-refractivity contribution in [2.45, 2.75) is 25.4 Å². The normalized spacial score (nSPS) is 32.1. The van der Waals surface area contributed by atoms with Crippen molar-refractivity contribution in [1.29, 1.82) is 0 Å². The van der Waals surface area contributed by atoms with Gasteiger partial charge in [-0.3, -0.25) is 4.79 Å². The molecule has 1 aromatic rings. The zero-order valence-electron chi connectivity index (χ0n) is 11.2. The van der Waals surface area contributed by atoms with Crippen molar-refractivity contribution in [3.63, 3.8) is 0 Å². The third kappa shape index (κ3) is 2.36.